The Labute approximate surface area is 250 Å². The summed E-state index contributed by atoms with van der Waals surface area (Å²) in [5.41, 5.74) is 1.87. The molecule has 0 unspecified atom stereocenters. The van der Waals surface area contributed by atoms with E-state index in [-0.39, 0.29) is 66.9 Å². The Kier molecular flexibility index (Phi) is 9.30. The molecule has 3 aromatic rings. The molecule has 0 radical (unpaired) electrons. The molecule has 2 saturated heterocycles. The van der Waals surface area contributed by atoms with Crippen LogP contribution in [0.1, 0.15) is 56.9 Å². The Balaban J connectivity index is 1.43. The van der Waals surface area contributed by atoms with Crippen molar-refractivity contribution in [3.63, 3.8) is 0 Å². The third-order valence-corrected chi connectivity index (χ3v) is 9.41. The topological polar surface area (TPSA) is 123 Å². The molecule has 42 heavy (non-hydrogen) atoms. The van der Waals surface area contributed by atoms with Crippen LogP contribution in [0.4, 0.5) is 0 Å². The first-order chi connectivity index (χ1) is 20.2. The van der Waals surface area contributed by atoms with Gasteiger partial charge in [-0.25, -0.2) is 0 Å². The minimum Gasteiger partial charge on any atom is -0.361 e. The number of hydrogen-bond acceptors (Lipinski definition) is 5. The second kappa shape index (κ2) is 13.1. The van der Waals surface area contributed by atoms with Crippen molar-refractivity contribution >= 4 is 45.9 Å². The lowest BCUT2D eigenvalue weighted by molar-refractivity contribution is -0.141. The van der Waals surface area contributed by atoms with Crippen molar-refractivity contribution in [2.24, 2.45) is 11.8 Å². The molecule has 1 aromatic carbocycles. The van der Waals surface area contributed by atoms with Gasteiger partial charge in [-0.15, -0.1) is 11.3 Å². The fourth-order valence-electron chi connectivity index (χ4n) is 6.19. The number of hydrogen-bond donors (Lipinski definition) is 4. The van der Waals surface area contributed by atoms with Crippen LogP contribution >= 0.6 is 11.3 Å². The van der Waals surface area contributed by atoms with E-state index in [4.69, 9.17) is 0 Å². The first-order valence-electron chi connectivity index (χ1n) is 14.9. The maximum Gasteiger partial charge on any atom is 0.246 e. The van der Waals surface area contributed by atoms with Gasteiger partial charge in [-0.2, -0.15) is 0 Å². The standard InChI is InChI=1S/C32H41N5O4S/c1-19(2)25-11-10-20(3)13-29(38)35-27(14-21-17-33-26-9-5-4-8-24(21)26)32(41)37-18-22(15-28(37)31(40)36-25)34-30(39)16-23-7-6-12-42-23/h4-9,12,17,19-20,22,25,27-28,33H,10-11,13-16,18H2,1-3H3,(H,34,39)(H,35,38)(H,36,40)/t20-,22-,25+,27-,28+/m1/s1. The fourth-order valence-corrected chi connectivity index (χ4v) is 6.89. The number of nitrogens with zero attached hydrogens (tertiary/aromatic N) is 1. The summed E-state index contributed by atoms with van der Waals surface area (Å²) in [5, 5.41) is 12.2. The first kappa shape index (κ1) is 29.8. The Morgan fingerprint density at radius 2 is 1.90 bits per heavy atom. The number of nitrogens with one attached hydrogen (secondary N) is 4. The average molecular weight is 592 g/mol. The van der Waals surface area contributed by atoms with E-state index < -0.39 is 12.1 Å². The molecule has 4 heterocycles. The predicted octanol–water partition coefficient (Wildman–Crippen LogP) is 3.55. The zero-order valence-electron chi connectivity index (χ0n) is 24.5. The summed E-state index contributed by atoms with van der Waals surface area (Å²) in [4.78, 5) is 59.9. The van der Waals surface area contributed by atoms with E-state index in [0.29, 0.717) is 12.8 Å². The molecule has 0 saturated carbocycles. The molecule has 4 amide bonds. The number of thiophene rings is 1. The molecule has 0 aliphatic carbocycles. The van der Waals surface area contributed by atoms with Crippen molar-refractivity contribution in [3.8, 4) is 0 Å². The van der Waals surface area contributed by atoms with E-state index in [1.165, 1.54) is 11.3 Å². The quantitative estimate of drug-likeness (QED) is 0.350. The smallest absolute Gasteiger partial charge is 0.246 e. The van der Waals surface area contributed by atoms with E-state index >= 15 is 0 Å². The monoisotopic (exact) mass is 591 g/mol. The first-order valence-corrected chi connectivity index (χ1v) is 15.8. The summed E-state index contributed by atoms with van der Waals surface area (Å²) in [5.74, 6) is -0.519. The number of carbonyl (C=O) groups is 4. The fraction of sp³-hybridized carbons (Fsp3) is 0.500. The van der Waals surface area contributed by atoms with Crippen LogP contribution in [0.2, 0.25) is 0 Å². The molecule has 4 N–H and O–H groups in total. The van der Waals surface area contributed by atoms with E-state index in [2.05, 4.69) is 34.8 Å². The second-order valence-electron chi connectivity index (χ2n) is 12.2. The number of benzene rings is 1. The summed E-state index contributed by atoms with van der Waals surface area (Å²) < 4.78 is 0. The number of fused-ring (bicyclic) bond motifs is 2. The summed E-state index contributed by atoms with van der Waals surface area (Å²) in [6.07, 6.45) is 4.59. The van der Waals surface area contributed by atoms with Gasteiger partial charge in [-0.05, 0) is 54.2 Å². The molecule has 2 aliphatic rings. The Morgan fingerprint density at radius 1 is 1.10 bits per heavy atom. The highest BCUT2D eigenvalue weighted by molar-refractivity contribution is 7.10. The van der Waals surface area contributed by atoms with Crippen LogP contribution in [0.15, 0.2) is 48.0 Å². The summed E-state index contributed by atoms with van der Waals surface area (Å²) in [6, 6.07) is 9.65. The Hall–Kier alpha value is -3.66. The molecule has 2 fully saturated rings. The molecule has 5 rings (SSSR count). The molecule has 10 heteroatoms. The van der Waals surface area contributed by atoms with Crippen molar-refractivity contribution in [2.45, 2.75) is 83.5 Å². The highest BCUT2D eigenvalue weighted by Gasteiger charge is 2.43. The zero-order chi connectivity index (χ0) is 29.8. The molecule has 5 atom stereocenters. The average Bonchev–Trinajstić information content (AvgIpc) is 3.70. The number of aromatic nitrogens is 1. The number of H-pyrrole nitrogens is 1. The molecular weight excluding hydrogens is 550 g/mol. The van der Waals surface area contributed by atoms with Crippen molar-refractivity contribution in [1.29, 1.82) is 0 Å². The molecule has 2 aliphatic heterocycles. The number of para-hydroxylation sites is 1. The van der Waals surface area contributed by atoms with Crippen molar-refractivity contribution in [2.75, 3.05) is 6.54 Å². The number of carbonyl (C=O) groups excluding carboxylic acids is 4. The maximum atomic E-state index is 14.3. The van der Waals surface area contributed by atoms with E-state index in [1.807, 2.05) is 54.9 Å². The maximum absolute atomic E-state index is 14.3. The van der Waals surface area contributed by atoms with Crippen LogP contribution in [0.25, 0.3) is 10.9 Å². The molecule has 0 bridgehead atoms. The lowest BCUT2D eigenvalue weighted by atomic mass is 9.92. The molecule has 2 aromatic heterocycles. The number of aromatic amines is 1. The van der Waals surface area contributed by atoms with Crippen molar-refractivity contribution in [3.05, 3.63) is 58.4 Å². The zero-order valence-corrected chi connectivity index (χ0v) is 25.3. The van der Waals surface area contributed by atoms with Gasteiger partial charge in [0, 0.05) is 53.4 Å². The van der Waals surface area contributed by atoms with Crippen LogP contribution in [0.3, 0.4) is 0 Å². The lowest BCUT2D eigenvalue weighted by Gasteiger charge is -2.30. The minimum atomic E-state index is -0.846. The van der Waals surface area contributed by atoms with Crippen LogP contribution in [0.5, 0.6) is 0 Å². The Morgan fingerprint density at radius 3 is 2.67 bits per heavy atom. The van der Waals surface area contributed by atoms with Gasteiger partial charge in [-0.3, -0.25) is 19.2 Å². The second-order valence-corrected chi connectivity index (χ2v) is 13.2. The minimum absolute atomic E-state index is 0.0739. The number of amides is 4. The van der Waals surface area contributed by atoms with E-state index in [1.54, 1.807) is 4.90 Å². The van der Waals surface area contributed by atoms with Crippen LogP contribution < -0.4 is 16.0 Å². The van der Waals surface area contributed by atoms with Gasteiger partial charge < -0.3 is 25.8 Å². The van der Waals surface area contributed by atoms with Gasteiger partial charge in [0.2, 0.25) is 23.6 Å². The third-order valence-electron chi connectivity index (χ3n) is 8.54. The van der Waals surface area contributed by atoms with E-state index in [0.717, 1.165) is 34.2 Å². The van der Waals surface area contributed by atoms with Crippen molar-refractivity contribution < 1.29 is 19.2 Å². The molecule has 224 valence electrons. The largest absolute Gasteiger partial charge is 0.361 e. The third kappa shape index (κ3) is 7.03. The van der Waals surface area contributed by atoms with Crippen LogP contribution in [-0.4, -0.2) is 64.2 Å². The van der Waals surface area contributed by atoms with Gasteiger partial charge >= 0.3 is 0 Å². The van der Waals surface area contributed by atoms with Gasteiger partial charge in [-0.1, -0.05) is 45.0 Å². The van der Waals surface area contributed by atoms with Gasteiger partial charge in [0.05, 0.1) is 6.42 Å². The summed E-state index contributed by atoms with van der Waals surface area (Å²) in [6.45, 7) is 6.39. The predicted molar refractivity (Wildman–Crippen MR) is 164 cm³/mol. The van der Waals surface area contributed by atoms with Gasteiger partial charge in [0.15, 0.2) is 0 Å². The van der Waals surface area contributed by atoms with Crippen LogP contribution in [-0.2, 0) is 32.0 Å². The highest BCUT2D eigenvalue weighted by atomic mass is 32.1. The molecular formula is C32H41N5O4S. The summed E-state index contributed by atoms with van der Waals surface area (Å²) in [7, 11) is 0. The van der Waals surface area contributed by atoms with E-state index in [9.17, 15) is 19.2 Å². The Bertz CT molecular complexity index is 1420. The number of rotatable bonds is 6. The van der Waals surface area contributed by atoms with Crippen LogP contribution in [0, 0.1) is 11.8 Å². The van der Waals surface area contributed by atoms with Gasteiger partial charge in [0.1, 0.15) is 12.1 Å². The highest BCUT2D eigenvalue weighted by Crippen LogP contribution is 2.25. The normalized spacial score (nSPS) is 25.8. The SMILES string of the molecule is CC(C)[C@@H]1CC[C@@H](C)CC(=O)N[C@H](Cc2c[nH]c3ccccc23)C(=O)N2C[C@H](NC(=O)Cc3cccs3)C[C@H]2C(=O)N1. The van der Waals surface area contributed by atoms with Gasteiger partial charge in [0.25, 0.3) is 0 Å². The molecule has 0 spiro atoms. The molecule has 9 nitrogen and oxygen atoms in total. The summed E-state index contributed by atoms with van der Waals surface area (Å²) >= 11 is 1.52. The van der Waals surface area contributed by atoms with Crippen molar-refractivity contribution in [1.82, 2.24) is 25.8 Å². The lowest BCUT2D eigenvalue weighted by Crippen LogP contribution is -2.55.